The van der Waals surface area contributed by atoms with E-state index in [0.29, 0.717) is 11.8 Å². The largest absolute Gasteiger partial charge is 0.312 e. The summed E-state index contributed by atoms with van der Waals surface area (Å²) >= 11 is 9.10. The average Bonchev–Trinajstić information content (AvgIpc) is 2.30. The minimum atomic E-state index is -0.214. The predicted molar refractivity (Wildman–Crippen MR) is 74.9 cm³/mol. The smallest absolute Gasteiger partial charge is 0.124 e. The molecule has 0 saturated heterocycles. The van der Waals surface area contributed by atoms with Gasteiger partial charge in [0.05, 0.1) is 0 Å². The summed E-state index contributed by atoms with van der Waals surface area (Å²) in [7, 11) is 0. The van der Waals surface area contributed by atoms with E-state index >= 15 is 0 Å². The molecule has 1 aromatic carbocycles. The van der Waals surface area contributed by atoms with Crippen LogP contribution >= 0.6 is 27.5 Å². The van der Waals surface area contributed by atoms with Gasteiger partial charge in [-0.3, -0.25) is 0 Å². The molecule has 0 saturated carbocycles. The molecule has 0 fully saturated rings. The van der Waals surface area contributed by atoms with Crippen LogP contribution < -0.4 is 5.32 Å². The number of rotatable bonds is 7. The van der Waals surface area contributed by atoms with Crippen molar-refractivity contribution < 1.29 is 4.39 Å². The number of hydrogen-bond donors (Lipinski definition) is 1. The van der Waals surface area contributed by atoms with Crippen LogP contribution in [-0.2, 0) is 6.54 Å². The number of benzene rings is 1. The van der Waals surface area contributed by atoms with Gasteiger partial charge in [0.2, 0.25) is 0 Å². The van der Waals surface area contributed by atoms with E-state index in [9.17, 15) is 4.39 Å². The van der Waals surface area contributed by atoms with Crippen LogP contribution in [0.3, 0.4) is 0 Å². The zero-order valence-electron chi connectivity index (χ0n) is 9.98. The van der Waals surface area contributed by atoms with E-state index in [2.05, 4.69) is 28.2 Å². The first-order valence-electron chi connectivity index (χ1n) is 5.88. The third-order valence-electron chi connectivity index (χ3n) is 2.86. The van der Waals surface area contributed by atoms with Crippen molar-refractivity contribution >= 4 is 27.5 Å². The molecule has 0 amide bonds. The van der Waals surface area contributed by atoms with E-state index in [-0.39, 0.29) is 5.82 Å². The number of halogens is 3. The van der Waals surface area contributed by atoms with E-state index in [0.717, 1.165) is 36.0 Å². The minimum Gasteiger partial charge on any atom is -0.312 e. The van der Waals surface area contributed by atoms with E-state index in [1.807, 2.05) is 0 Å². The van der Waals surface area contributed by atoms with Crippen molar-refractivity contribution in [3.05, 3.63) is 34.1 Å². The Balaban J connectivity index is 2.39. The monoisotopic (exact) mass is 321 g/mol. The van der Waals surface area contributed by atoms with Crippen LogP contribution in [0.4, 0.5) is 4.39 Å². The average molecular weight is 323 g/mol. The molecular formula is C13H18BrClFN. The van der Waals surface area contributed by atoms with Crippen molar-refractivity contribution in [3.8, 4) is 0 Å². The van der Waals surface area contributed by atoms with Gasteiger partial charge in [0, 0.05) is 16.9 Å². The SMILES string of the molecule is CCC(CCCl)CNCc1ccc(F)cc1Br. The highest BCUT2D eigenvalue weighted by Gasteiger charge is 2.06. The molecule has 0 heterocycles. The Bertz CT molecular complexity index is 346. The van der Waals surface area contributed by atoms with Crippen molar-refractivity contribution in [2.24, 2.45) is 5.92 Å². The standard InChI is InChI=1S/C13H18BrClFN/c1-2-10(5-6-15)8-17-9-11-3-4-12(16)7-13(11)14/h3-4,7,10,17H,2,5-6,8-9H2,1H3. The quantitative estimate of drug-likeness (QED) is 0.737. The van der Waals surface area contributed by atoms with Crippen LogP contribution in [0.2, 0.25) is 0 Å². The molecule has 0 spiro atoms. The van der Waals surface area contributed by atoms with Crippen molar-refractivity contribution in [3.63, 3.8) is 0 Å². The summed E-state index contributed by atoms with van der Waals surface area (Å²) in [6.45, 7) is 3.87. The van der Waals surface area contributed by atoms with Gasteiger partial charge in [-0.05, 0) is 36.6 Å². The van der Waals surface area contributed by atoms with E-state index in [1.165, 1.54) is 12.1 Å². The molecule has 17 heavy (non-hydrogen) atoms. The zero-order valence-corrected chi connectivity index (χ0v) is 12.3. The lowest BCUT2D eigenvalue weighted by Gasteiger charge is -2.14. The molecule has 1 aromatic rings. The third-order valence-corrected chi connectivity index (χ3v) is 3.81. The molecule has 0 bridgehead atoms. The van der Waals surface area contributed by atoms with Crippen LogP contribution in [0, 0.1) is 11.7 Å². The number of hydrogen-bond acceptors (Lipinski definition) is 1. The maximum absolute atomic E-state index is 12.9. The molecule has 0 aliphatic carbocycles. The van der Waals surface area contributed by atoms with Crippen molar-refractivity contribution in [1.29, 1.82) is 0 Å². The Hall–Kier alpha value is -0.120. The van der Waals surface area contributed by atoms with E-state index < -0.39 is 0 Å². The summed E-state index contributed by atoms with van der Waals surface area (Å²) < 4.78 is 13.7. The van der Waals surface area contributed by atoms with Gasteiger partial charge in [0.15, 0.2) is 0 Å². The second kappa shape index (κ2) is 8.06. The summed E-state index contributed by atoms with van der Waals surface area (Å²) in [5, 5.41) is 3.39. The number of nitrogens with one attached hydrogen (secondary N) is 1. The Kier molecular flexibility index (Phi) is 7.09. The van der Waals surface area contributed by atoms with Crippen LogP contribution in [0.1, 0.15) is 25.3 Å². The van der Waals surface area contributed by atoms with Gasteiger partial charge in [-0.25, -0.2) is 4.39 Å². The molecule has 1 atom stereocenters. The van der Waals surface area contributed by atoms with Gasteiger partial charge in [0.25, 0.3) is 0 Å². The Morgan fingerprint density at radius 3 is 2.82 bits per heavy atom. The fourth-order valence-electron chi connectivity index (χ4n) is 1.68. The topological polar surface area (TPSA) is 12.0 Å². The van der Waals surface area contributed by atoms with E-state index in [1.54, 1.807) is 6.07 Å². The lowest BCUT2D eigenvalue weighted by molar-refractivity contribution is 0.451. The van der Waals surface area contributed by atoms with Gasteiger partial charge in [-0.1, -0.05) is 35.3 Å². The third kappa shape index (κ3) is 5.36. The second-order valence-corrected chi connectivity index (χ2v) is 5.35. The summed E-state index contributed by atoms with van der Waals surface area (Å²) in [6, 6.07) is 4.78. The van der Waals surface area contributed by atoms with Crippen LogP contribution in [0.25, 0.3) is 0 Å². The van der Waals surface area contributed by atoms with Gasteiger partial charge >= 0.3 is 0 Å². The summed E-state index contributed by atoms with van der Waals surface area (Å²) in [4.78, 5) is 0. The molecule has 96 valence electrons. The van der Waals surface area contributed by atoms with E-state index in [4.69, 9.17) is 11.6 Å². The molecule has 1 rings (SSSR count). The molecule has 1 nitrogen and oxygen atoms in total. The summed E-state index contributed by atoms with van der Waals surface area (Å²) in [5.41, 5.74) is 1.08. The number of alkyl halides is 1. The molecule has 1 N–H and O–H groups in total. The first-order chi connectivity index (χ1) is 8.17. The zero-order chi connectivity index (χ0) is 12.7. The fourth-order valence-corrected chi connectivity index (χ4v) is 2.48. The molecule has 4 heteroatoms. The Labute approximate surface area is 116 Å². The highest BCUT2D eigenvalue weighted by molar-refractivity contribution is 9.10. The summed E-state index contributed by atoms with van der Waals surface area (Å²) in [6.07, 6.45) is 2.17. The molecule has 1 unspecified atom stereocenters. The second-order valence-electron chi connectivity index (χ2n) is 4.12. The van der Waals surface area contributed by atoms with Crippen LogP contribution in [0.15, 0.2) is 22.7 Å². The summed E-state index contributed by atoms with van der Waals surface area (Å²) in [5.74, 6) is 1.11. The molecule has 0 radical (unpaired) electrons. The maximum Gasteiger partial charge on any atom is 0.124 e. The van der Waals surface area contributed by atoms with Crippen LogP contribution in [0.5, 0.6) is 0 Å². The lowest BCUT2D eigenvalue weighted by Crippen LogP contribution is -2.22. The van der Waals surface area contributed by atoms with Gasteiger partial charge in [-0.2, -0.15) is 0 Å². The predicted octanol–water partition coefficient (Wildman–Crippen LogP) is 4.33. The molecule has 0 aliphatic rings. The first-order valence-corrected chi connectivity index (χ1v) is 7.20. The highest BCUT2D eigenvalue weighted by atomic mass is 79.9. The molecular weight excluding hydrogens is 305 g/mol. The molecule has 0 aromatic heterocycles. The van der Waals surface area contributed by atoms with Gasteiger partial charge in [0.1, 0.15) is 5.82 Å². The maximum atomic E-state index is 12.9. The van der Waals surface area contributed by atoms with Crippen molar-refractivity contribution in [2.45, 2.75) is 26.3 Å². The fraction of sp³-hybridized carbons (Fsp3) is 0.538. The van der Waals surface area contributed by atoms with Crippen molar-refractivity contribution in [1.82, 2.24) is 5.32 Å². The van der Waals surface area contributed by atoms with Crippen molar-refractivity contribution in [2.75, 3.05) is 12.4 Å². The Morgan fingerprint density at radius 2 is 2.24 bits per heavy atom. The highest BCUT2D eigenvalue weighted by Crippen LogP contribution is 2.18. The van der Waals surface area contributed by atoms with Gasteiger partial charge in [-0.15, -0.1) is 11.6 Å². The first kappa shape index (κ1) is 14.9. The Morgan fingerprint density at radius 1 is 1.47 bits per heavy atom. The lowest BCUT2D eigenvalue weighted by atomic mass is 10.0. The minimum absolute atomic E-state index is 0.214. The molecule has 0 aliphatic heterocycles. The van der Waals surface area contributed by atoms with Gasteiger partial charge < -0.3 is 5.32 Å². The normalized spacial score (nSPS) is 12.7. The van der Waals surface area contributed by atoms with Crippen LogP contribution in [-0.4, -0.2) is 12.4 Å².